The van der Waals surface area contributed by atoms with Gasteiger partial charge in [-0.05, 0) is 12.1 Å². The third-order valence-corrected chi connectivity index (χ3v) is 0.991. The van der Waals surface area contributed by atoms with Gasteiger partial charge in [-0.2, -0.15) is 0 Å². The molecule has 4 nitrogen and oxygen atoms in total. The first-order valence-corrected chi connectivity index (χ1v) is 3.02. The quantitative estimate of drug-likeness (QED) is 0.569. The van der Waals surface area contributed by atoms with Crippen molar-refractivity contribution in [3.05, 3.63) is 24.5 Å². The van der Waals surface area contributed by atoms with Crippen molar-refractivity contribution in [2.45, 2.75) is 0 Å². The predicted octanol–water partition coefficient (Wildman–Crippen LogP) is -0.790. The van der Waals surface area contributed by atoms with E-state index in [1.807, 2.05) is 0 Å². The van der Waals surface area contributed by atoms with Gasteiger partial charge < -0.3 is 14.6 Å². The minimum absolute atomic E-state index is 0.428. The number of aromatic nitrogens is 1. The Bertz CT molecular complexity index is 235. The number of ether oxygens (including phenoxy) is 1. The maximum Gasteiger partial charge on any atom is 0.138 e. The van der Waals surface area contributed by atoms with E-state index in [1.165, 1.54) is 6.20 Å². The van der Waals surface area contributed by atoms with Crippen molar-refractivity contribution < 1.29 is 14.6 Å². The molecule has 0 atom stereocenters. The van der Waals surface area contributed by atoms with Crippen LogP contribution in [0.15, 0.2) is 24.5 Å². The van der Waals surface area contributed by atoms with Gasteiger partial charge in [-0.15, -0.1) is 0 Å². The van der Waals surface area contributed by atoms with Crippen LogP contribution in [0.1, 0.15) is 0 Å². The third-order valence-electron chi connectivity index (χ3n) is 0.991. The number of carboxylic acid groups (broad SMARTS) is 1. The van der Waals surface area contributed by atoms with Gasteiger partial charge >= 0.3 is 0 Å². The lowest BCUT2D eigenvalue weighted by atomic mass is 10.5. The molecule has 0 N–H and O–H groups in total. The molecule has 0 fully saturated rings. The van der Waals surface area contributed by atoms with Gasteiger partial charge in [-0.25, -0.2) is 0 Å². The van der Waals surface area contributed by atoms with Crippen molar-refractivity contribution in [1.82, 2.24) is 4.98 Å². The fourth-order valence-electron chi connectivity index (χ4n) is 0.575. The summed E-state index contributed by atoms with van der Waals surface area (Å²) in [6, 6.07) is 3.28. The molecule has 58 valence electrons. The largest absolute Gasteiger partial charge is 0.546 e. The molecule has 4 heteroatoms. The van der Waals surface area contributed by atoms with Crippen LogP contribution in [0.2, 0.25) is 0 Å². The zero-order valence-electron chi connectivity index (χ0n) is 5.69. The van der Waals surface area contributed by atoms with Crippen molar-refractivity contribution in [1.29, 1.82) is 0 Å². The highest BCUT2D eigenvalue weighted by Crippen LogP contribution is 2.04. The number of aliphatic carboxylic acids is 1. The number of hydrogen-bond donors (Lipinski definition) is 0. The Morgan fingerprint density at radius 1 is 1.73 bits per heavy atom. The van der Waals surface area contributed by atoms with E-state index in [2.05, 4.69) is 4.98 Å². The van der Waals surface area contributed by atoms with Gasteiger partial charge in [0.05, 0.1) is 12.2 Å². The summed E-state index contributed by atoms with van der Waals surface area (Å²) < 4.78 is 4.74. The Kier molecular flexibility index (Phi) is 2.43. The SMILES string of the molecule is O=C([O-])COc1cccnc1. The maximum absolute atomic E-state index is 9.92. The molecule has 0 saturated carbocycles. The van der Waals surface area contributed by atoms with Crippen molar-refractivity contribution in [2.75, 3.05) is 6.61 Å². The third kappa shape index (κ3) is 2.66. The summed E-state index contributed by atoms with van der Waals surface area (Å²) in [6.45, 7) is -0.439. The molecule has 0 bridgehead atoms. The first-order valence-electron chi connectivity index (χ1n) is 3.02. The molecule has 0 spiro atoms. The molecule has 1 heterocycles. The van der Waals surface area contributed by atoms with Gasteiger partial charge in [0.15, 0.2) is 0 Å². The van der Waals surface area contributed by atoms with E-state index >= 15 is 0 Å². The summed E-state index contributed by atoms with van der Waals surface area (Å²) >= 11 is 0. The second kappa shape index (κ2) is 3.55. The van der Waals surface area contributed by atoms with Crippen LogP contribution in [-0.2, 0) is 4.79 Å². The Hall–Kier alpha value is -1.58. The smallest absolute Gasteiger partial charge is 0.138 e. The lowest BCUT2D eigenvalue weighted by Crippen LogP contribution is -2.28. The van der Waals surface area contributed by atoms with Crippen LogP contribution in [0.3, 0.4) is 0 Å². The molecule has 11 heavy (non-hydrogen) atoms. The molecule has 1 rings (SSSR count). The molecular formula is C7H6NO3-. The zero-order valence-corrected chi connectivity index (χ0v) is 5.69. The van der Waals surface area contributed by atoms with Crippen LogP contribution in [-0.4, -0.2) is 17.6 Å². The molecule has 0 unspecified atom stereocenters. The summed E-state index contributed by atoms with van der Waals surface area (Å²) in [4.78, 5) is 13.6. The molecule has 0 aliphatic carbocycles. The van der Waals surface area contributed by atoms with E-state index in [-0.39, 0.29) is 0 Å². The number of nitrogens with zero attached hydrogens (tertiary/aromatic N) is 1. The Morgan fingerprint density at radius 2 is 2.55 bits per heavy atom. The molecule has 0 aromatic carbocycles. The number of carbonyl (C=O) groups excluding carboxylic acids is 1. The number of carbonyl (C=O) groups is 1. The Morgan fingerprint density at radius 3 is 3.09 bits per heavy atom. The summed E-state index contributed by atoms with van der Waals surface area (Å²) in [5.41, 5.74) is 0. The standard InChI is InChI=1S/C7H7NO3/c9-7(10)5-11-6-2-1-3-8-4-6/h1-4H,5H2,(H,9,10)/p-1. The number of hydrogen-bond acceptors (Lipinski definition) is 4. The minimum atomic E-state index is -1.24. The van der Waals surface area contributed by atoms with Crippen LogP contribution < -0.4 is 9.84 Å². The van der Waals surface area contributed by atoms with Gasteiger partial charge in [0.1, 0.15) is 12.4 Å². The van der Waals surface area contributed by atoms with Gasteiger partial charge in [0.2, 0.25) is 0 Å². The van der Waals surface area contributed by atoms with E-state index < -0.39 is 12.6 Å². The lowest BCUT2D eigenvalue weighted by Gasteiger charge is -2.04. The molecule has 0 radical (unpaired) electrons. The van der Waals surface area contributed by atoms with Gasteiger partial charge in [0.25, 0.3) is 0 Å². The highest BCUT2D eigenvalue weighted by molar-refractivity contribution is 5.65. The van der Waals surface area contributed by atoms with Crippen molar-refractivity contribution >= 4 is 5.97 Å². The minimum Gasteiger partial charge on any atom is -0.546 e. The summed E-state index contributed by atoms with van der Waals surface area (Å²) in [5.74, 6) is -0.814. The highest BCUT2D eigenvalue weighted by Gasteiger charge is 1.90. The Balaban J connectivity index is 2.45. The number of rotatable bonds is 3. The second-order valence-corrected chi connectivity index (χ2v) is 1.85. The topological polar surface area (TPSA) is 62.2 Å². The molecule has 0 saturated heterocycles. The fraction of sp³-hybridized carbons (Fsp3) is 0.143. The maximum atomic E-state index is 9.92. The molecule has 1 aromatic heterocycles. The average Bonchev–Trinajstić information content (AvgIpc) is 2.03. The van der Waals surface area contributed by atoms with E-state index in [0.29, 0.717) is 5.75 Å². The van der Waals surface area contributed by atoms with Gasteiger partial charge in [-0.3, -0.25) is 4.98 Å². The van der Waals surface area contributed by atoms with Crippen molar-refractivity contribution in [2.24, 2.45) is 0 Å². The zero-order chi connectivity index (χ0) is 8.10. The Labute approximate surface area is 63.5 Å². The first-order chi connectivity index (χ1) is 5.29. The average molecular weight is 152 g/mol. The highest BCUT2D eigenvalue weighted by atomic mass is 16.5. The van der Waals surface area contributed by atoms with Crippen LogP contribution in [0, 0.1) is 0 Å². The normalized spacial score (nSPS) is 9.09. The number of carboxylic acids is 1. The fourth-order valence-corrected chi connectivity index (χ4v) is 0.575. The van der Waals surface area contributed by atoms with E-state index in [0.717, 1.165) is 0 Å². The van der Waals surface area contributed by atoms with Crippen LogP contribution >= 0.6 is 0 Å². The molecule has 0 aliphatic heterocycles. The predicted molar refractivity (Wildman–Crippen MR) is 34.7 cm³/mol. The summed E-state index contributed by atoms with van der Waals surface area (Å²) in [5, 5.41) is 9.92. The van der Waals surface area contributed by atoms with Gasteiger partial charge in [0, 0.05) is 6.20 Å². The van der Waals surface area contributed by atoms with Crippen LogP contribution in [0.25, 0.3) is 0 Å². The first kappa shape index (κ1) is 7.53. The molecule has 0 amide bonds. The van der Waals surface area contributed by atoms with E-state index in [1.54, 1.807) is 18.3 Å². The van der Waals surface area contributed by atoms with E-state index in [4.69, 9.17) is 4.74 Å². The molecule has 1 aromatic rings. The number of pyridine rings is 1. The van der Waals surface area contributed by atoms with Crippen LogP contribution in [0.4, 0.5) is 0 Å². The second-order valence-electron chi connectivity index (χ2n) is 1.85. The lowest BCUT2D eigenvalue weighted by molar-refractivity contribution is -0.307. The van der Waals surface area contributed by atoms with E-state index in [9.17, 15) is 9.90 Å². The summed E-state index contributed by atoms with van der Waals surface area (Å²) in [6.07, 6.45) is 3.01. The molecule has 0 aliphatic rings. The molecular weight excluding hydrogens is 146 g/mol. The monoisotopic (exact) mass is 152 g/mol. The van der Waals surface area contributed by atoms with Gasteiger partial charge in [-0.1, -0.05) is 0 Å². The summed E-state index contributed by atoms with van der Waals surface area (Å²) in [7, 11) is 0. The van der Waals surface area contributed by atoms with Crippen LogP contribution in [0.5, 0.6) is 5.75 Å². The van der Waals surface area contributed by atoms with Crippen molar-refractivity contribution in [3.8, 4) is 5.75 Å². The van der Waals surface area contributed by atoms with Crippen molar-refractivity contribution in [3.63, 3.8) is 0 Å².